The van der Waals surface area contributed by atoms with E-state index in [1.807, 2.05) is 20.1 Å². The largest absolute Gasteiger partial charge is 0.394 e. The zero-order valence-electron chi connectivity index (χ0n) is 11.9. The number of rotatable bonds is 6. The predicted octanol–water partition coefficient (Wildman–Crippen LogP) is 1.24. The summed E-state index contributed by atoms with van der Waals surface area (Å²) in [5, 5.41) is 12.4. The highest BCUT2D eigenvalue weighted by Gasteiger charge is 2.11. The van der Waals surface area contributed by atoms with Gasteiger partial charge >= 0.3 is 0 Å². The van der Waals surface area contributed by atoms with Gasteiger partial charge in [-0.2, -0.15) is 0 Å². The van der Waals surface area contributed by atoms with Crippen molar-refractivity contribution in [1.29, 1.82) is 0 Å². The lowest BCUT2D eigenvalue weighted by Gasteiger charge is -2.12. The molecule has 0 aliphatic heterocycles. The topological polar surface area (TPSA) is 75.1 Å². The lowest BCUT2D eigenvalue weighted by molar-refractivity contribution is -0.121. The lowest BCUT2D eigenvalue weighted by atomic mass is 10.1. The number of nitrogens with one attached hydrogen (secondary N) is 1. The summed E-state index contributed by atoms with van der Waals surface area (Å²) in [5.74, 6) is -0.0608. The van der Waals surface area contributed by atoms with Gasteiger partial charge in [-0.15, -0.1) is 0 Å². The van der Waals surface area contributed by atoms with Crippen molar-refractivity contribution in [3.05, 3.63) is 17.0 Å². The summed E-state index contributed by atoms with van der Waals surface area (Å²) in [7, 11) is 0. The molecule has 0 saturated heterocycles. The highest BCUT2D eigenvalue weighted by Crippen LogP contribution is 2.16. The minimum atomic E-state index is -0.204. The van der Waals surface area contributed by atoms with Gasteiger partial charge in [0.25, 0.3) is 0 Å². The van der Waals surface area contributed by atoms with E-state index in [1.165, 1.54) is 11.8 Å². The van der Waals surface area contributed by atoms with Crippen LogP contribution < -0.4 is 5.32 Å². The Bertz CT molecular complexity index is 429. The molecule has 0 aliphatic carbocycles. The van der Waals surface area contributed by atoms with Gasteiger partial charge in [-0.1, -0.05) is 11.8 Å². The standard InChI is InChI=1S/C13H21N3O2S/c1-8(7-17)14-12(18)6-5-11-9(2)15-13(19-4)16-10(11)3/h8,17H,5-7H2,1-4H3,(H,14,18). The van der Waals surface area contributed by atoms with Crippen molar-refractivity contribution >= 4 is 17.7 Å². The molecule has 0 fully saturated rings. The van der Waals surface area contributed by atoms with Crippen molar-refractivity contribution < 1.29 is 9.90 Å². The monoisotopic (exact) mass is 283 g/mol. The Hall–Kier alpha value is -1.14. The minimum Gasteiger partial charge on any atom is -0.394 e. The number of thioether (sulfide) groups is 1. The molecule has 6 heteroatoms. The second-order valence-corrected chi connectivity index (χ2v) is 5.28. The van der Waals surface area contributed by atoms with Gasteiger partial charge in [-0.3, -0.25) is 4.79 Å². The number of aliphatic hydroxyl groups is 1. The van der Waals surface area contributed by atoms with Gasteiger partial charge in [-0.25, -0.2) is 9.97 Å². The van der Waals surface area contributed by atoms with Crippen LogP contribution in [0.5, 0.6) is 0 Å². The second kappa shape index (κ2) is 7.45. The molecule has 0 bridgehead atoms. The van der Waals surface area contributed by atoms with Crippen molar-refractivity contribution in [2.45, 2.75) is 44.8 Å². The smallest absolute Gasteiger partial charge is 0.220 e. The number of aryl methyl sites for hydroxylation is 2. The molecule has 0 saturated carbocycles. The third-order valence-electron chi connectivity index (χ3n) is 2.87. The number of amides is 1. The van der Waals surface area contributed by atoms with Crippen LogP contribution in [0, 0.1) is 13.8 Å². The van der Waals surface area contributed by atoms with Crippen molar-refractivity contribution in [3.63, 3.8) is 0 Å². The van der Waals surface area contributed by atoms with Crippen LogP contribution in [0.1, 0.15) is 30.3 Å². The molecule has 1 aromatic rings. The van der Waals surface area contributed by atoms with Crippen LogP contribution in [0.15, 0.2) is 5.16 Å². The minimum absolute atomic E-state index is 0.0463. The molecule has 1 amide bonds. The summed E-state index contributed by atoms with van der Waals surface area (Å²) in [4.78, 5) is 20.4. The number of hydrogen-bond donors (Lipinski definition) is 2. The van der Waals surface area contributed by atoms with Gasteiger partial charge in [-0.05, 0) is 39.0 Å². The Kier molecular flexibility index (Phi) is 6.24. The molecule has 1 rings (SSSR count). The maximum atomic E-state index is 11.7. The maximum absolute atomic E-state index is 11.7. The quantitative estimate of drug-likeness (QED) is 0.607. The van der Waals surface area contributed by atoms with Crippen LogP contribution in [-0.4, -0.2) is 39.9 Å². The summed E-state index contributed by atoms with van der Waals surface area (Å²) in [6.07, 6.45) is 2.95. The van der Waals surface area contributed by atoms with Crippen LogP contribution in [0.2, 0.25) is 0 Å². The van der Waals surface area contributed by atoms with Gasteiger partial charge in [0, 0.05) is 23.9 Å². The van der Waals surface area contributed by atoms with E-state index in [0.29, 0.717) is 12.8 Å². The normalized spacial score (nSPS) is 12.3. The Morgan fingerprint density at radius 2 is 1.95 bits per heavy atom. The summed E-state index contributed by atoms with van der Waals surface area (Å²) < 4.78 is 0. The summed E-state index contributed by atoms with van der Waals surface area (Å²) >= 11 is 1.51. The Labute approximate surface area is 118 Å². The van der Waals surface area contributed by atoms with Crippen LogP contribution in [0.4, 0.5) is 0 Å². The van der Waals surface area contributed by atoms with E-state index >= 15 is 0 Å². The zero-order valence-corrected chi connectivity index (χ0v) is 12.7. The summed E-state index contributed by atoms with van der Waals surface area (Å²) in [6.45, 7) is 5.61. The molecular weight excluding hydrogens is 262 g/mol. The van der Waals surface area contributed by atoms with Crippen molar-refractivity contribution in [3.8, 4) is 0 Å². The van der Waals surface area contributed by atoms with E-state index in [9.17, 15) is 4.79 Å². The number of hydrogen-bond acceptors (Lipinski definition) is 5. The third kappa shape index (κ3) is 4.80. The van der Waals surface area contributed by atoms with Crippen LogP contribution in [0.25, 0.3) is 0 Å². The van der Waals surface area contributed by atoms with Gasteiger partial charge in [0.2, 0.25) is 5.91 Å². The molecule has 0 spiro atoms. The van der Waals surface area contributed by atoms with E-state index in [2.05, 4.69) is 15.3 Å². The summed E-state index contributed by atoms with van der Waals surface area (Å²) in [6, 6.07) is -0.204. The fourth-order valence-corrected chi connectivity index (χ4v) is 2.25. The van der Waals surface area contributed by atoms with Crippen molar-refractivity contribution in [2.75, 3.05) is 12.9 Å². The number of carbonyl (C=O) groups excluding carboxylic acids is 1. The highest BCUT2D eigenvalue weighted by atomic mass is 32.2. The van der Waals surface area contributed by atoms with Crippen LogP contribution in [-0.2, 0) is 11.2 Å². The molecule has 0 radical (unpaired) electrons. The number of aliphatic hydroxyl groups excluding tert-OH is 1. The highest BCUT2D eigenvalue weighted by molar-refractivity contribution is 7.98. The Morgan fingerprint density at radius 3 is 2.42 bits per heavy atom. The molecule has 106 valence electrons. The van der Waals surface area contributed by atoms with Gasteiger partial charge in [0.1, 0.15) is 0 Å². The first-order valence-electron chi connectivity index (χ1n) is 6.26. The first-order chi connectivity index (χ1) is 8.97. The molecule has 5 nitrogen and oxygen atoms in total. The average Bonchev–Trinajstić information content (AvgIpc) is 2.37. The van der Waals surface area contributed by atoms with E-state index in [0.717, 1.165) is 22.1 Å². The number of aromatic nitrogens is 2. The van der Waals surface area contributed by atoms with Gasteiger partial charge in [0.15, 0.2) is 5.16 Å². The molecule has 1 heterocycles. The molecule has 1 unspecified atom stereocenters. The molecule has 0 aromatic carbocycles. The van der Waals surface area contributed by atoms with Gasteiger partial charge < -0.3 is 10.4 Å². The first-order valence-corrected chi connectivity index (χ1v) is 7.48. The van der Waals surface area contributed by atoms with E-state index < -0.39 is 0 Å². The fraction of sp³-hybridized carbons (Fsp3) is 0.615. The van der Waals surface area contributed by atoms with Crippen LogP contribution in [0.3, 0.4) is 0 Å². The van der Waals surface area contributed by atoms with Crippen molar-refractivity contribution in [2.24, 2.45) is 0 Å². The lowest BCUT2D eigenvalue weighted by Crippen LogP contribution is -2.35. The number of nitrogens with zero attached hydrogens (tertiary/aromatic N) is 2. The molecule has 0 aliphatic rings. The zero-order chi connectivity index (χ0) is 14.4. The van der Waals surface area contributed by atoms with E-state index in [1.54, 1.807) is 6.92 Å². The molecular formula is C13H21N3O2S. The summed E-state index contributed by atoms with van der Waals surface area (Å²) in [5.41, 5.74) is 2.89. The van der Waals surface area contributed by atoms with E-state index in [-0.39, 0.29) is 18.6 Å². The van der Waals surface area contributed by atoms with Gasteiger partial charge in [0.05, 0.1) is 6.61 Å². The molecule has 2 N–H and O–H groups in total. The van der Waals surface area contributed by atoms with Crippen molar-refractivity contribution in [1.82, 2.24) is 15.3 Å². The maximum Gasteiger partial charge on any atom is 0.220 e. The Balaban J connectivity index is 2.65. The number of carbonyl (C=O) groups is 1. The third-order valence-corrected chi connectivity index (χ3v) is 3.41. The second-order valence-electron chi connectivity index (χ2n) is 4.51. The predicted molar refractivity (Wildman–Crippen MR) is 76.3 cm³/mol. The van der Waals surface area contributed by atoms with Crippen LogP contribution >= 0.6 is 11.8 Å². The molecule has 1 aromatic heterocycles. The first kappa shape index (κ1) is 15.9. The molecule has 1 atom stereocenters. The SMILES string of the molecule is CSc1nc(C)c(CCC(=O)NC(C)CO)c(C)n1. The Morgan fingerprint density at radius 1 is 1.37 bits per heavy atom. The van der Waals surface area contributed by atoms with E-state index in [4.69, 9.17) is 5.11 Å². The fourth-order valence-electron chi connectivity index (χ4n) is 1.79. The molecule has 19 heavy (non-hydrogen) atoms. The average molecular weight is 283 g/mol.